The number of rotatable bonds is 10. The second-order valence-corrected chi connectivity index (χ2v) is 8.60. The second-order valence-electron chi connectivity index (χ2n) is 8.19. The number of halogens is 1. The van der Waals surface area contributed by atoms with E-state index in [1.807, 2.05) is 26.0 Å². The first-order valence-electron chi connectivity index (χ1n) is 10.8. The lowest BCUT2D eigenvalue weighted by Crippen LogP contribution is -2.40. The third kappa shape index (κ3) is 5.37. The third-order valence-corrected chi connectivity index (χ3v) is 5.45. The lowest BCUT2D eigenvalue weighted by Gasteiger charge is -2.16. The van der Waals surface area contributed by atoms with Crippen LogP contribution in [0, 0.1) is 5.92 Å². The highest BCUT2D eigenvalue weighted by molar-refractivity contribution is 6.32. The van der Waals surface area contributed by atoms with Crippen molar-refractivity contribution in [2.45, 2.75) is 52.7 Å². The van der Waals surface area contributed by atoms with Gasteiger partial charge >= 0.3 is 5.69 Å². The van der Waals surface area contributed by atoms with Crippen LogP contribution in [0.25, 0.3) is 11.2 Å². The van der Waals surface area contributed by atoms with Crippen molar-refractivity contribution in [2.75, 3.05) is 6.61 Å². The predicted molar refractivity (Wildman–Crippen MR) is 124 cm³/mol. The van der Waals surface area contributed by atoms with E-state index in [0.29, 0.717) is 41.5 Å². The molecule has 9 heteroatoms. The number of aromatic nitrogens is 4. The van der Waals surface area contributed by atoms with Crippen LogP contribution < -0.4 is 16.0 Å². The number of aliphatic hydroxyl groups is 1. The zero-order valence-electron chi connectivity index (χ0n) is 18.7. The van der Waals surface area contributed by atoms with Crippen molar-refractivity contribution in [1.82, 2.24) is 19.1 Å². The average Bonchev–Trinajstić information content (AvgIpc) is 2.77. The minimum absolute atomic E-state index is 0.104. The normalized spacial score (nSPS) is 11.4. The number of unbranched alkanes of at least 4 members (excludes halogenated alkanes) is 2. The van der Waals surface area contributed by atoms with Gasteiger partial charge in [-0.15, -0.1) is 0 Å². The number of benzene rings is 1. The summed E-state index contributed by atoms with van der Waals surface area (Å²) in [5.74, 6) is 0.696. The van der Waals surface area contributed by atoms with E-state index in [1.54, 1.807) is 12.1 Å². The minimum atomic E-state index is -0.465. The minimum Gasteiger partial charge on any atom is -0.486 e. The summed E-state index contributed by atoms with van der Waals surface area (Å²) in [6.07, 6.45) is 2.89. The zero-order valence-corrected chi connectivity index (χ0v) is 19.4. The van der Waals surface area contributed by atoms with Gasteiger partial charge in [-0.25, -0.2) is 14.8 Å². The summed E-state index contributed by atoms with van der Waals surface area (Å²) < 4.78 is 8.48. The molecule has 1 aromatic carbocycles. The molecule has 0 aliphatic heterocycles. The maximum atomic E-state index is 12.8. The van der Waals surface area contributed by atoms with Gasteiger partial charge in [-0.05, 0) is 37.3 Å². The molecule has 0 saturated carbocycles. The summed E-state index contributed by atoms with van der Waals surface area (Å²) in [5.41, 5.74) is 0.767. The molecular formula is C23H29ClN4O4. The quantitative estimate of drug-likeness (QED) is 0.467. The first-order chi connectivity index (χ1) is 15.3. The fourth-order valence-electron chi connectivity index (χ4n) is 3.48. The van der Waals surface area contributed by atoms with Crippen molar-refractivity contribution in [3.63, 3.8) is 0 Å². The fraction of sp³-hybridized carbons (Fsp3) is 0.478. The molecule has 0 bridgehead atoms. The number of nitrogens with zero attached hydrogens (tertiary/aromatic N) is 4. The van der Waals surface area contributed by atoms with Gasteiger partial charge in [-0.2, -0.15) is 0 Å². The molecule has 0 radical (unpaired) electrons. The Kier molecular flexibility index (Phi) is 8.04. The molecule has 0 fully saturated rings. The largest absolute Gasteiger partial charge is 0.486 e. The summed E-state index contributed by atoms with van der Waals surface area (Å²) >= 11 is 6.21. The summed E-state index contributed by atoms with van der Waals surface area (Å²) in [6, 6.07) is 7.15. The molecule has 32 heavy (non-hydrogen) atoms. The molecule has 0 aliphatic rings. The van der Waals surface area contributed by atoms with Crippen LogP contribution in [-0.4, -0.2) is 30.8 Å². The van der Waals surface area contributed by atoms with E-state index in [1.165, 1.54) is 11.6 Å². The smallest absolute Gasteiger partial charge is 0.332 e. The molecule has 8 nitrogen and oxygen atoms in total. The fourth-order valence-corrected chi connectivity index (χ4v) is 3.67. The van der Waals surface area contributed by atoms with Crippen LogP contribution >= 0.6 is 11.6 Å². The monoisotopic (exact) mass is 460 g/mol. The van der Waals surface area contributed by atoms with Crippen molar-refractivity contribution in [3.05, 3.63) is 61.5 Å². The number of hydrogen-bond acceptors (Lipinski definition) is 6. The van der Waals surface area contributed by atoms with Crippen LogP contribution in [0.3, 0.4) is 0 Å². The Balaban J connectivity index is 2.10. The highest BCUT2D eigenvalue weighted by atomic mass is 35.5. The van der Waals surface area contributed by atoms with Crippen molar-refractivity contribution in [2.24, 2.45) is 13.0 Å². The van der Waals surface area contributed by atoms with Crippen molar-refractivity contribution >= 4 is 22.8 Å². The molecule has 0 aliphatic carbocycles. The van der Waals surface area contributed by atoms with Crippen LogP contribution in [0.1, 0.15) is 44.5 Å². The maximum Gasteiger partial charge on any atom is 0.332 e. The van der Waals surface area contributed by atoms with E-state index in [-0.39, 0.29) is 30.3 Å². The molecule has 2 heterocycles. The molecule has 0 saturated heterocycles. The molecule has 3 rings (SSSR count). The van der Waals surface area contributed by atoms with E-state index in [9.17, 15) is 9.59 Å². The van der Waals surface area contributed by atoms with E-state index >= 15 is 0 Å². The van der Waals surface area contributed by atoms with Gasteiger partial charge in [0.05, 0.1) is 10.7 Å². The van der Waals surface area contributed by atoms with E-state index in [2.05, 4.69) is 4.98 Å². The number of hydrogen-bond donors (Lipinski definition) is 1. The third-order valence-electron chi connectivity index (χ3n) is 5.13. The molecule has 1 N–H and O–H groups in total. The SMILES string of the molecule is CC(C)Cn1c(=O)n(C)c(=O)c2nc(CCCCCO)c(COc3ccccc3Cl)nc21. The number of aliphatic hydroxyl groups excluding tert-OH is 1. The summed E-state index contributed by atoms with van der Waals surface area (Å²) in [7, 11) is 1.46. The number of ether oxygens (including phenoxy) is 1. The first-order valence-corrected chi connectivity index (χ1v) is 11.2. The summed E-state index contributed by atoms with van der Waals surface area (Å²) in [6.45, 7) is 4.64. The van der Waals surface area contributed by atoms with Crippen molar-refractivity contribution in [3.8, 4) is 5.75 Å². The van der Waals surface area contributed by atoms with Gasteiger partial charge < -0.3 is 9.84 Å². The molecule has 172 valence electrons. The van der Waals surface area contributed by atoms with Gasteiger partial charge in [0.1, 0.15) is 18.1 Å². The van der Waals surface area contributed by atoms with Crippen molar-refractivity contribution in [1.29, 1.82) is 0 Å². The Labute approximate surface area is 191 Å². The zero-order chi connectivity index (χ0) is 23.3. The number of aryl methyl sites for hydroxylation is 1. The molecular weight excluding hydrogens is 432 g/mol. The summed E-state index contributed by atoms with van der Waals surface area (Å²) in [4.78, 5) is 35.0. The summed E-state index contributed by atoms with van der Waals surface area (Å²) in [5, 5.41) is 9.54. The van der Waals surface area contributed by atoms with E-state index in [4.69, 9.17) is 26.4 Å². The Morgan fingerprint density at radius 2 is 1.84 bits per heavy atom. The van der Waals surface area contributed by atoms with Gasteiger partial charge in [0, 0.05) is 20.2 Å². The topological polar surface area (TPSA) is 99.2 Å². The molecule has 2 aromatic heterocycles. The number of fused-ring (bicyclic) bond motifs is 1. The standard InChI is InChI=1S/C23H29ClN4O4/c1-15(2)13-28-21-20(22(30)27(3)23(28)31)25-17(10-5-4-8-12-29)18(26-21)14-32-19-11-7-6-9-16(19)24/h6-7,9,11,15,29H,4-5,8,10,12-14H2,1-3H3. The Morgan fingerprint density at radius 1 is 1.09 bits per heavy atom. The molecule has 3 aromatic rings. The lowest BCUT2D eigenvalue weighted by molar-refractivity contribution is 0.282. The molecule has 0 amide bonds. The Hall–Kier alpha value is -2.71. The van der Waals surface area contributed by atoms with Crippen LogP contribution in [0.2, 0.25) is 5.02 Å². The van der Waals surface area contributed by atoms with Crippen LogP contribution in [-0.2, 0) is 26.6 Å². The van der Waals surface area contributed by atoms with Crippen LogP contribution in [0.4, 0.5) is 0 Å². The van der Waals surface area contributed by atoms with E-state index < -0.39 is 11.2 Å². The number of para-hydroxylation sites is 1. The van der Waals surface area contributed by atoms with Crippen molar-refractivity contribution < 1.29 is 9.84 Å². The van der Waals surface area contributed by atoms with Gasteiger partial charge in [0.2, 0.25) is 0 Å². The average molecular weight is 461 g/mol. The maximum absolute atomic E-state index is 12.8. The molecule has 0 spiro atoms. The first kappa shape index (κ1) is 23.9. The van der Waals surface area contributed by atoms with Gasteiger partial charge in [-0.1, -0.05) is 44.0 Å². The van der Waals surface area contributed by atoms with Crippen LogP contribution in [0.5, 0.6) is 5.75 Å². The van der Waals surface area contributed by atoms with Crippen LogP contribution in [0.15, 0.2) is 33.9 Å². The lowest BCUT2D eigenvalue weighted by atomic mass is 10.1. The second kappa shape index (κ2) is 10.7. The highest BCUT2D eigenvalue weighted by Crippen LogP contribution is 2.24. The van der Waals surface area contributed by atoms with Gasteiger partial charge in [-0.3, -0.25) is 13.9 Å². The Bertz CT molecular complexity index is 1200. The van der Waals surface area contributed by atoms with E-state index in [0.717, 1.165) is 17.4 Å². The van der Waals surface area contributed by atoms with Gasteiger partial charge in [0.25, 0.3) is 5.56 Å². The highest BCUT2D eigenvalue weighted by Gasteiger charge is 2.19. The predicted octanol–water partition coefficient (Wildman–Crippen LogP) is 3.08. The molecule has 0 atom stereocenters. The molecule has 0 unspecified atom stereocenters. The van der Waals surface area contributed by atoms with Gasteiger partial charge in [0.15, 0.2) is 11.2 Å². The Morgan fingerprint density at radius 3 is 2.53 bits per heavy atom.